The van der Waals surface area contributed by atoms with E-state index < -0.39 is 5.54 Å². The molecule has 0 spiro atoms. The summed E-state index contributed by atoms with van der Waals surface area (Å²) in [4.78, 5) is 34.6. The third kappa shape index (κ3) is 7.11. The molecule has 10 heteroatoms. The minimum Gasteiger partial charge on any atom is -0.339 e. The van der Waals surface area contributed by atoms with E-state index in [9.17, 15) is 9.59 Å². The monoisotopic (exact) mass is 474 g/mol. The molecule has 0 atom stereocenters. The molecule has 1 saturated carbocycles. The van der Waals surface area contributed by atoms with Crippen LogP contribution in [0.15, 0.2) is 0 Å². The van der Waals surface area contributed by atoms with Crippen molar-refractivity contribution in [1.82, 2.24) is 20.6 Å². The molecule has 172 valence electrons. The number of piperidine rings is 1. The number of amides is 1. The van der Waals surface area contributed by atoms with Crippen molar-refractivity contribution in [2.45, 2.75) is 69.9 Å². The highest BCUT2D eigenvalue weighted by molar-refractivity contribution is 5.86. The molecular weight excluding hydrogens is 439 g/mol. The maximum Gasteiger partial charge on any atom is 0.352 e. The number of nitrogens with zero attached hydrogens (tertiary/aromatic N) is 2. The second kappa shape index (κ2) is 13.9. The molecule has 2 aliphatic heterocycles. The molecule has 2 saturated heterocycles. The topological polar surface area (TPSA) is 73.9 Å². The van der Waals surface area contributed by atoms with Gasteiger partial charge in [-0.1, -0.05) is 26.2 Å². The van der Waals surface area contributed by atoms with Gasteiger partial charge in [-0.2, -0.15) is 5.48 Å². The number of piperazine rings is 1. The Hall–Kier alpha value is -0.310. The summed E-state index contributed by atoms with van der Waals surface area (Å²) in [5.41, 5.74) is 1.77. The normalized spacial score (nSPS) is 22.9. The molecule has 7 nitrogen and oxygen atoms in total. The summed E-state index contributed by atoms with van der Waals surface area (Å²) in [6.07, 6.45) is 7.69. The number of halogens is 3. The maximum absolute atomic E-state index is 12.9. The van der Waals surface area contributed by atoms with Gasteiger partial charge in [0.2, 0.25) is 0 Å². The standard InChI is InChI=1S/C19H34N4O3.3ClH/c1-2-17(24)21-26-18(25)19(8-4-3-5-9-19)23-14-12-22(13-15-23)16-6-10-20-11-7-16;;;/h16,20H,2-15H2,1H3,(H,21,24);3*1H. The lowest BCUT2D eigenvalue weighted by atomic mass is 9.79. The number of carbonyl (C=O) groups excluding carboxylic acids is 2. The molecular formula is C19H37Cl3N4O3. The Morgan fingerprint density at radius 1 is 1.00 bits per heavy atom. The summed E-state index contributed by atoms with van der Waals surface area (Å²) < 4.78 is 0. The van der Waals surface area contributed by atoms with Crippen molar-refractivity contribution >= 4 is 49.1 Å². The van der Waals surface area contributed by atoms with Crippen molar-refractivity contribution < 1.29 is 14.4 Å². The minimum absolute atomic E-state index is 0. The zero-order valence-corrected chi connectivity index (χ0v) is 19.8. The molecule has 0 radical (unpaired) electrons. The van der Waals surface area contributed by atoms with Crippen LogP contribution >= 0.6 is 37.2 Å². The maximum atomic E-state index is 12.9. The van der Waals surface area contributed by atoms with Gasteiger partial charge in [0.25, 0.3) is 5.91 Å². The number of hydrogen-bond acceptors (Lipinski definition) is 6. The van der Waals surface area contributed by atoms with E-state index in [1.807, 2.05) is 0 Å². The van der Waals surface area contributed by atoms with E-state index in [0.29, 0.717) is 12.5 Å². The van der Waals surface area contributed by atoms with Crippen LogP contribution in [0, 0.1) is 0 Å². The van der Waals surface area contributed by atoms with Crippen LogP contribution in [0.1, 0.15) is 58.3 Å². The van der Waals surface area contributed by atoms with Gasteiger partial charge in [-0.3, -0.25) is 14.6 Å². The third-order valence-electron chi connectivity index (χ3n) is 6.38. The van der Waals surface area contributed by atoms with E-state index in [-0.39, 0.29) is 49.1 Å². The second-order valence-corrected chi connectivity index (χ2v) is 7.86. The van der Waals surface area contributed by atoms with Crippen LogP contribution in [-0.2, 0) is 14.4 Å². The first-order valence-corrected chi connectivity index (χ1v) is 10.4. The molecule has 0 aromatic carbocycles. The highest BCUT2D eigenvalue weighted by Crippen LogP contribution is 2.35. The Balaban J connectivity index is 0.00000261. The highest BCUT2D eigenvalue weighted by atomic mass is 35.5. The summed E-state index contributed by atoms with van der Waals surface area (Å²) in [5, 5.41) is 3.43. The smallest absolute Gasteiger partial charge is 0.339 e. The molecule has 2 heterocycles. The second-order valence-electron chi connectivity index (χ2n) is 7.86. The Bertz CT molecular complexity index is 493. The van der Waals surface area contributed by atoms with E-state index >= 15 is 0 Å². The van der Waals surface area contributed by atoms with Crippen LogP contribution in [-0.4, -0.2) is 72.5 Å². The lowest BCUT2D eigenvalue weighted by Crippen LogP contribution is -2.63. The van der Waals surface area contributed by atoms with Gasteiger partial charge >= 0.3 is 5.97 Å². The summed E-state index contributed by atoms with van der Waals surface area (Å²) >= 11 is 0. The van der Waals surface area contributed by atoms with Crippen molar-refractivity contribution in [2.75, 3.05) is 39.3 Å². The molecule has 0 bridgehead atoms. The highest BCUT2D eigenvalue weighted by Gasteiger charge is 2.47. The Labute approximate surface area is 193 Å². The van der Waals surface area contributed by atoms with Crippen LogP contribution in [0.3, 0.4) is 0 Å². The van der Waals surface area contributed by atoms with Gasteiger partial charge in [0, 0.05) is 38.6 Å². The summed E-state index contributed by atoms with van der Waals surface area (Å²) in [6.45, 7) is 7.81. The van der Waals surface area contributed by atoms with Gasteiger partial charge < -0.3 is 10.2 Å². The predicted octanol–water partition coefficient (Wildman–Crippen LogP) is 2.31. The average Bonchev–Trinajstić information content (AvgIpc) is 2.73. The number of carbonyl (C=O) groups is 2. The first-order chi connectivity index (χ1) is 12.7. The van der Waals surface area contributed by atoms with Crippen molar-refractivity contribution in [1.29, 1.82) is 0 Å². The van der Waals surface area contributed by atoms with Crippen molar-refractivity contribution in [3.05, 3.63) is 0 Å². The molecule has 3 aliphatic rings. The van der Waals surface area contributed by atoms with Gasteiger partial charge in [-0.25, -0.2) is 4.79 Å². The van der Waals surface area contributed by atoms with Gasteiger partial charge in [-0.15, -0.1) is 37.2 Å². The number of hydrogen-bond donors (Lipinski definition) is 2. The van der Waals surface area contributed by atoms with Gasteiger partial charge in [0.05, 0.1) is 0 Å². The Morgan fingerprint density at radius 2 is 1.59 bits per heavy atom. The Kier molecular flexibility index (Phi) is 13.7. The van der Waals surface area contributed by atoms with E-state index in [1.165, 1.54) is 19.3 Å². The van der Waals surface area contributed by atoms with Crippen LogP contribution < -0.4 is 10.8 Å². The van der Waals surface area contributed by atoms with Crippen molar-refractivity contribution in [2.24, 2.45) is 0 Å². The molecule has 29 heavy (non-hydrogen) atoms. The van der Waals surface area contributed by atoms with E-state index in [1.54, 1.807) is 6.92 Å². The van der Waals surface area contributed by atoms with Crippen molar-refractivity contribution in [3.8, 4) is 0 Å². The third-order valence-corrected chi connectivity index (χ3v) is 6.38. The molecule has 0 aromatic rings. The lowest BCUT2D eigenvalue weighted by molar-refractivity contribution is -0.174. The molecule has 0 unspecified atom stereocenters. The molecule has 3 rings (SSSR count). The van der Waals surface area contributed by atoms with E-state index in [4.69, 9.17) is 4.84 Å². The largest absolute Gasteiger partial charge is 0.352 e. The number of rotatable bonds is 4. The SMILES string of the molecule is CCC(=O)NOC(=O)C1(N2CCN(C3CCNCC3)CC2)CCCCC1.Cl.Cl.Cl. The van der Waals surface area contributed by atoms with Gasteiger partial charge in [0.15, 0.2) is 0 Å². The number of hydroxylamine groups is 1. The van der Waals surface area contributed by atoms with Crippen molar-refractivity contribution in [3.63, 3.8) is 0 Å². The number of nitrogens with one attached hydrogen (secondary N) is 2. The fourth-order valence-corrected chi connectivity index (χ4v) is 4.74. The minimum atomic E-state index is -0.556. The molecule has 1 amide bonds. The molecule has 2 N–H and O–H groups in total. The van der Waals surface area contributed by atoms with E-state index in [0.717, 1.165) is 65.0 Å². The molecule has 0 aromatic heterocycles. The quantitative estimate of drug-likeness (QED) is 0.608. The Morgan fingerprint density at radius 3 is 2.14 bits per heavy atom. The molecule has 1 aliphatic carbocycles. The first-order valence-electron chi connectivity index (χ1n) is 10.4. The van der Waals surface area contributed by atoms with Crippen LogP contribution in [0.25, 0.3) is 0 Å². The van der Waals surface area contributed by atoms with Crippen LogP contribution in [0.4, 0.5) is 0 Å². The lowest BCUT2D eigenvalue weighted by Gasteiger charge is -2.49. The summed E-state index contributed by atoms with van der Waals surface area (Å²) in [6, 6.07) is 0.677. The fourth-order valence-electron chi connectivity index (χ4n) is 4.74. The predicted molar refractivity (Wildman–Crippen MR) is 121 cm³/mol. The van der Waals surface area contributed by atoms with Crippen LogP contribution in [0.2, 0.25) is 0 Å². The molecule has 3 fully saturated rings. The fraction of sp³-hybridized carbons (Fsp3) is 0.895. The summed E-state index contributed by atoms with van der Waals surface area (Å²) in [5.74, 6) is -0.519. The zero-order chi connectivity index (χ0) is 18.4. The average molecular weight is 476 g/mol. The summed E-state index contributed by atoms with van der Waals surface area (Å²) in [7, 11) is 0. The van der Waals surface area contributed by atoms with Gasteiger partial charge in [0.1, 0.15) is 5.54 Å². The van der Waals surface area contributed by atoms with Gasteiger partial charge in [-0.05, 0) is 38.8 Å². The first kappa shape index (κ1) is 28.7. The zero-order valence-electron chi connectivity index (χ0n) is 17.3. The van der Waals surface area contributed by atoms with Crippen LogP contribution in [0.5, 0.6) is 0 Å². The van der Waals surface area contributed by atoms with E-state index in [2.05, 4.69) is 20.6 Å².